The van der Waals surface area contributed by atoms with Crippen LogP contribution in [0.15, 0.2) is 60.7 Å². The van der Waals surface area contributed by atoms with Crippen LogP contribution in [0.4, 0.5) is 8.78 Å². The van der Waals surface area contributed by atoms with Crippen molar-refractivity contribution >= 4 is 5.91 Å². The van der Waals surface area contributed by atoms with E-state index in [-0.39, 0.29) is 17.9 Å². The van der Waals surface area contributed by atoms with Crippen molar-refractivity contribution in [1.82, 2.24) is 4.90 Å². The molecule has 0 saturated carbocycles. The van der Waals surface area contributed by atoms with E-state index in [9.17, 15) is 13.6 Å². The van der Waals surface area contributed by atoms with Crippen LogP contribution in [0.3, 0.4) is 0 Å². The summed E-state index contributed by atoms with van der Waals surface area (Å²) >= 11 is 0. The van der Waals surface area contributed by atoms with Crippen molar-refractivity contribution in [2.24, 2.45) is 0 Å². The summed E-state index contributed by atoms with van der Waals surface area (Å²) in [6.07, 6.45) is 0.923. The molecule has 1 fully saturated rings. The number of benzene rings is 3. The Morgan fingerprint density at radius 3 is 2.62 bits per heavy atom. The standard InChI is InChI=1S/C27H25F2NO4/c1-32-25-5-3-2-4-22(25)18-7-9-24-20(14-18)17-33-27(34-24)10-12-30(13-11-27)26(31)15-19-6-8-21(28)16-23(19)29/h2-9,14,16H,10-13,15,17H2,1H3. The third-order valence-corrected chi connectivity index (χ3v) is 6.50. The summed E-state index contributed by atoms with van der Waals surface area (Å²) in [4.78, 5) is 14.4. The average Bonchev–Trinajstić information content (AvgIpc) is 2.86. The number of rotatable bonds is 4. The number of piperidine rings is 1. The molecule has 1 amide bonds. The van der Waals surface area contributed by atoms with Gasteiger partial charge in [-0.05, 0) is 35.4 Å². The Morgan fingerprint density at radius 1 is 1.06 bits per heavy atom. The average molecular weight is 465 g/mol. The van der Waals surface area contributed by atoms with E-state index in [4.69, 9.17) is 14.2 Å². The second kappa shape index (κ2) is 9.06. The predicted molar refractivity (Wildman–Crippen MR) is 122 cm³/mol. The highest BCUT2D eigenvalue weighted by Gasteiger charge is 2.42. The number of halogens is 2. The topological polar surface area (TPSA) is 48.0 Å². The minimum absolute atomic E-state index is 0.102. The molecule has 3 aromatic rings. The van der Waals surface area contributed by atoms with E-state index >= 15 is 0 Å². The maximum Gasteiger partial charge on any atom is 0.227 e. The Kier molecular flexibility index (Phi) is 5.96. The Hall–Kier alpha value is -3.45. The van der Waals surface area contributed by atoms with Crippen LogP contribution >= 0.6 is 0 Å². The van der Waals surface area contributed by atoms with E-state index in [1.54, 1.807) is 12.0 Å². The van der Waals surface area contributed by atoms with Gasteiger partial charge in [0.15, 0.2) is 0 Å². The monoisotopic (exact) mass is 465 g/mol. The van der Waals surface area contributed by atoms with Crippen LogP contribution < -0.4 is 9.47 Å². The van der Waals surface area contributed by atoms with Gasteiger partial charge in [-0.2, -0.15) is 0 Å². The lowest BCUT2D eigenvalue weighted by atomic mass is 9.98. The highest BCUT2D eigenvalue weighted by Crippen LogP contribution is 2.40. The third kappa shape index (κ3) is 4.35. The molecule has 1 spiro atoms. The van der Waals surface area contributed by atoms with Gasteiger partial charge in [-0.1, -0.05) is 30.3 Å². The summed E-state index contributed by atoms with van der Waals surface area (Å²) in [5.74, 6) is -0.762. The largest absolute Gasteiger partial charge is 0.496 e. The maximum atomic E-state index is 13.9. The van der Waals surface area contributed by atoms with Gasteiger partial charge >= 0.3 is 0 Å². The molecule has 2 aliphatic rings. The Balaban J connectivity index is 1.24. The zero-order valence-electron chi connectivity index (χ0n) is 18.9. The molecule has 0 unspecified atom stereocenters. The summed E-state index contributed by atoms with van der Waals surface area (Å²) in [6, 6.07) is 17.1. The van der Waals surface area contributed by atoms with E-state index in [1.165, 1.54) is 6.07 Å². The van der Waals surface area contributed by atoms with Gasteiger partial charge in [0.1, 0.15) is 23.1 Å². The molecule has 0 bridgehead atoms. The molecular weight excluding hydrogens is 440 g/mol. The van der Waals surface area contributed by atoms with Gasteiger partial charge in [0.05, 0.1) is 20.1 Å². The number of fused-ring (bicyclic) bond motifs is 1. The van der Waals surface area contributed by atoms with E-state index in [0.29, 0.717) is 32.5 Å². The SMILES string of the molecule is COc1ccccc1-c1ccc2c(c1)COC1(CCN(C(=O)Cc3ccc(F)cc3F)CC1)O2. The van der Waals surface area contributed by atoms with Gasteiger partial charge in [-0.3, -0.25) is 4.79 Å². The highest BCUT2D eigenvalue weighted by atomic mass is 19.1. The van der Waals surface area contributed by atoms with Crippen LogP contribution in [0.2, 0.25) is 0 Å². The molecule has 1 saturated heterocycles. The summed E-state index contributed by atoms with van der Waals surface area (Å²) in [5, 5.41) is 0. The van der Waals surface area contributed by atoms with Crippen LogP contribution in [0.1, 0.15) is 24.0 Å². The third-order valence-electron chi connectivity index (χ3n) is 6.50. The smallest absolute Gasteiger partial charge is 0.227 e. The molecule has 5 rings (SSSR count). The quantitative estimate of drug-likeness (QED) is 0.537. The van der Waals surface area contributed by atoms with Gasteiger partial charge in [-0.25, -0.2) is 8.78 Å². The second-order valence-electron chi connectivity index (χ2n) is 8.62. The van der Waals surface area contributed by atoms with E-state index in [0.717, 1.165) is 40.3 Å². The van der Waals surface area contributed by atoms with Crippen molar-refractivity contribution in [3.63, 3.8) is 0 Å². The predicted octanol–water partition coefficient (Wildman–Crippen LogP) is 5.11. The van der Waals surface area contributed by atoms with Crippen LogP contribution in [-0.4, -0.2) is 36.8 Å². The number of methoxy groups -OCH3 is 1. The molecule has 0 atom stereocenters. The van der Waals surface area contributed by atoms with Crippen molar-refractivity contribution in [3.05, 3.63) is 83.4 Å². The second-order valence-corrected chi connectivity index (χ2v) is 8.62. The number of carbonyl (C=O) groups excluding carboxylic acids is 1. The van der Waals surface area contributed by atoms with Crippen LogP contribution in [0.5, 0.6) is 11.5 Å². The summed E-state index contributed by atoms with van der Waals surface area (Å²) in [7, 11) is 1.65. The summed E-state index contributed by atoms with van der Waals surface area (Å²) in [6.45, 7) is 1.29. The maximum absolute atomic E-state index is 13.9. The van der Waals surface area contributed by atoms with Crippen LogP contribution in [0, 0.1) is 11.6 Å². The van der Waals surface area contributed by atoms with Crippen LogP contribution in [0.25, 0.3) is 11.1 Å². The lowest BCUT2D eigenvalue weighted by Gasteiger charge is -2.44. The van der Waals surface area contributed by atoms with Crippen molar-refractivity contribution in [1.29, 1.82) is 0 Å². The first-order chi connectivity index (χ1) is 16.5. The molecule has 34 heavy (non-hydrogen) atoms. The van der Waals surface area contributed by atoms with Gasteiger partial charge < -0.3 is 19.1 Å². The highest BCUT2D eigenvalue weighted by molar-refractivity contribution is 5.79. The fraction of sp³-hybridized carbons (Fsp3) is 0.296. The first-order valence-corrected chi connectivity index (χ1v) is 11.3. The van der Waals surface area contributed by atoms with Crippen LogP contribution in [-0.2, 0) is 22.6 Å². The Morgan fingerprint density at radius 2 is 1.85 bits per heavy atom. The lowest BCUT2D eigenvalue weighted by molar-refractivity contribution is -0.227. The van der Waals surface area contributed by atoms with Gasteiger partial charge in [-0.15, -0.1) is 0 Å². The van der Waals surface area contributed by atoms with Crippen molar-refractivity contribution in [3.8, 4) is 22.6 Å². The number of nitrogens with zero attached hydrogens (tertiary/aromatic N) is 1. The lowest BCUT2D eigenvalue weighted by Crippen LogP contribution is -2.52. The molecule has 7 heteroatoms. The number of carbonyl (C=O) groups is 1. The number of amides is 1. The van der Waals surface area contributed by atoms with E-state index in [1.807, 2.05) is 36.4 Å². The van der Waals surface area contributed by atoms with Gasteiger partial charge in [0.2, 0.25) is 11.7 Å². The number of ether oxygens (including phenoxy) is 3. The normalized spacial score (nSPS) is 16.6. The van der Waals surface area contributed by atoms with Crippen molar-refractivity contribution in [2.75, 3.05) is 20.2 Å². The molecule has 0 radical (unpaired) electrons. The molecule has 0 N–H and O–H groups in total. The first-order valence-electron chi connectivity index (χ1n) is 11.3. The molecule has 2 heterocycles. The zero-order chi connectivity index (χ0) is 23.7. The fourth-order valence-corrected chi connectivity index (χ4v) is 4.56. The minimum atomic E-state index is -0.781. The van der Waals surface area contributed by atoms with Gasteiger partial charge in [0, 0.05) is 43.1 Å². The number of likely N-dealkylation sites (tertiary alicyclic amines) is 1. The zero-order valence-corrected chi connectivity index (χ0v) is 18.9. The molecular formula is C27H25F2NO4. The molecule has 0 aromatic heterocycles. The number of hydrogen-bond donors (Lipinski definition) is 0. The molecule has 5 nitrogen and oxygen atoms in total. The Bertz CT molecular complexity index is 1220. The number of para-hydroxylation sites is 1. The first kappa shape index (κ1) is 22.3. The van der Waals surface area contributed by atoms with E-state index in [2.05, 4.69) is 6.07 Å². The van der Waals surface area contributed by atoms with E-state index < -0.39 is 17.4 Å². The minimum Gasteiger partial charge on any atom is -0.496 e. The summed E-state index contributed by atoms with van der Waals surface area (Å²) in [5.41, 5.74) is 3.17. The molecule has 3 aromatic carbocycles. The number of hydrogen-bond acceptors (Lipinski definition) is 4. The molecule has 0 aliphatic carbocycles. The Labute approximate surface area is 196 Å². The van der Waals surface area contributed by atoms with Crippen molar-refractivity contribution in [2.45, 2.75) is 31.7 Å². The fourth-order valence-electron chi connectivity index (χ4n) is 4.56. The van der Waals surface area contributed by atoms with Crippen molar-refractivity contribution < 1.29 is 27.8 Å². The summed E-state index contributed by atoms with van der Waals surface area (Å²) < 4.78 is 45.0. The molecule has 176 valence electrons. The van der Waals surface area contributed by atoms with Gasteiger partial charge in [0.25, 0.3) is 0 Å². The molecule has 2 aliphatic heterocycles.